The van der Waals surface area contributed by atoms with Crippen LogP contribution in [-0.4, -0.2) is 60.3 Å². The van der Waals surface area contributed by atoms with E-state index in [1.54, 1.807) is 6.20 Å². The summed E-state index contributed by atoms with van der Waals surface area (Å²) in [6.07, 6.45) is 1.77. The van der Waals surface area contributed by atoms with Crippen LogP contribution >= 0.6 is 24.0 Å². The molecule has 29 heavy (non-hydrogen) atoms. The predicted molar refractivity (Wildman–Crippen MR) is 128 cm³/mol. The number of hydrogen-bond acceptors (Lipinski definition) is 4. The Kier molecular flexibility index (Phi) is 11.3. The molecule has 0 radical (unpaired) electrons. The van der Waals surface area contributed by atoms with E-state index in [0.29, 0.717) is 25.2 Å². The van der Waals surface area contributed by atoms with Crippen LogP contribution in [0, 0.1) is 0 Å². The Morgan fingerprint density at radius 3 is 2.66 bits per heavy atom. The number of halogens is 1. The zero-order valence-electron chi connectivity index (χ0n) is 17.6. The van der Waals surface area contributed by atoms with E-state index < -0.39 is 0 Å². The number of likely N-dealkylation sites (N-methyl/N-ethyl adjacent to an activating group) is 1. The van der Waals surface area contributed by atoms with Gasteiger partial charge >= 0.3 is 0 Å². The number of hydrogen-bond donors (Lipinski definition) is 3. The number of rotatable bonds is 9. The van der Waals surface area contributed by atoms with Crippen LogP contribution in [0.15, 0.2) is 41.5 Å². The number of aliphatic imine (C=N–C) groups is 1. The summed E-state index contributed by atoms with van der Waals surface area (Å²) >= 11 is 0. The van der Waals surface area contributed by atoms with Gasteiger partial charge in [0.2, 0.25) is 0 Å². The standard InChI is InChI=1S/C20H31N7O.HI/c1-5-21-20(24-15-18-9-10-25-27(18)4)23-14-16-7-6-8-17(13-16)19(28)22-11-12-26(2)3;/h6-10,13H,5,11-12,14-15H2,1-4H3,(H,22,28)(H2,21,23,24);1H. The molecule has 0 atom stereocenters. The molecule has 2 aromatic rings. The summed E-state index contributed by atoms with van der Waals surface area (Å²) in [6, 6.07) is 9.55. The van der Waals surface area contributed by atoms with Crippen molar-refractivity contribution in [2.24, 2.45) is 12.0 Å². The maximum atomic E-state index is 12.3. The number of nitrogens with one attached hydrogen (secondary N) is 3. The zero-order valence-corrected chi connectivity index (χ0v) is 19.9. The SMILES string of the molecule is CCNC(=NCc1cccc(C(=O)NCCN(C)C)c1)NCc1ccnn1C.I. The van der Waals surface area contributed by atoms with Crippen molar-refractivity contribution in [1.82, 2.24) is 30.6 Å². The molecule has 8 nitrogen and oxygen atoms in total. The second kappa shape index (κ2) is 13.2. The van der Waals surface area contributed by atoms with Crippen molar-refractivity contribution in [3.05, 3.63) is 53.3 Å². The third-order valence-electron chi connectivity index (χ3n) is 4.16. The molecule has 0 aliphatic heterocycles. The quantitative estimate of drug-likeness (QED) is 0.270. The first-order valence-electron chi connectivity index (χ1n) is 9.50. The molecule has 0 saturated heterocycles. The first-order chi connectivity index (χ1) is 13.5. The highest BCUT2D eigenvalue weighted by Gasteiger charge is 2.06. The molecule has 0 spiro atoms. The fourth-order valence-corrected chi connectivity index (χ4v) is 2.57. The molecule has 1 aromatic heterocycles. The molecule has 2 rings (SSSR count). The molecule has 0 bridgehead atoms. The number of amides is 1. The van der Waals surface area contributed by atoms with E-state index in [-0.39, 0.29) is 29.9 Å². The van der Waals surface area contributed by atoms with E-state index in [1.165, 1.54) is 0 Å². The van der Waals surface area contributed by atoms with Gasteiger partial charge in [0.1, 0.15) is 0 Å². The third kappa shape index (κ3) is 8.82. The summed E-state index contributed by atoms with van der Waals surface area (Å²) in [5.41, 5.74) is 2.71. The monoisotopic (exact) mass is 513 g/mol. The summed E-state index contributed by atoms with van der Waals surface area (Å²) < 4.78 is 1.83. The molecular formula is C20H32IN7O. The minimum absolute atomic E-state index is 0. The second-order valence-electron chi connectivity index (χ2n) is 6.75. The summed E-state index contributed by atoms with van der Waals surface area (Å²) in [7, 11) is 5.88. The lowest BCUT2D eigenvalue weighted by molar-refractivity contribution is 0.0951. The van der Waals surface area contributed by atoms with Crippen LogP contribution in [0.2, 0.25) is 0 Å². The number of aromatic nitrogens is 2. The normalized spacial score (nSPS) is 11.1. The van der Waals surface area contributed by atoms with Crippen LogP contribution in [0.25, 0.3) is 0 Å². The average molecular weight is 513 g/mol. The van der Waals surface area contributed by atoms with Gasteiger partial charge in [-0.2, -0.15) is 5.10 Å². The fourth-order valence-electron chi connectivity index (χ4n) is 2.57. The Balaban J connectivity index is 0.00000420. The highest BCUT2D eigenvalue weighted by Crippen LogP contribution is 2.07. The molecule has 1 heterocycles. The first-order valence-corrected chi connectivity index (χ1v) is 9.50. The molecule has 1 aromatic carbocycles. The van der Waals surface area contributed by atoms with Gasteiger partial charge in [-0.15, -0.1) is 24.0 Å². The Bertz CT molecular complexity index is 789. The Hall–Kier alpha value is -2.14. The van der Waals surface area contributed by atoms with Crippen molar-refractivity contribution in [2.75, 3.05) is 33.7 Å². The summed E-state index contributed by atoms with van der Waals surface area (Å²) in [5, 5.41) is 13.6. The van der Waals surface area contributed by atoms with E-state index in [4.69, 9.17) is 0 Å². The smallest absolute Gasteiger partial charge is 0.251 e. The van der Waals surface area contributed by atoms with Crippen molar-refractivity contribution in [3.8, 4) is 0 Å². The van der Waals surface area contributed by atoms with Gasteiger partial charge in [0.05, 0.1) is 18.8 Å². The van der Waals surface area contributed by atoms with Gasteiger partial charge in [-0.25, -0.2) is 4.99 Å². The Labute approximate surface area is 190 Å². The van der Waals surface area contributed by atoms with Gasteiger partial charge in [-0.1, -0.05) is 12.1 Å². The van der Waals surface area contributed by atoms with Crippen molar-refractivity contribution < 1.29 is 4.79 Å². The third-order valence-corrected chi connectivity index (χ3v) is 4.16. The number of carbonyl (C=O) groups is 1. The van der Waals surface area contributed by atoms with Crippen LogP contribution in [0.3, 0.4) is 0 Å². The molecule has 3 N–H and O–H groups in total. The minimum Gasteiger partial charge on any atom is -0.357 e. The number of benzene rings is 1. The molecule has 0 fully saturated rings. The lowest BCUT2D eigenvalue weighted by Crippen LogP contribution is -2.37. The lowest BCUT2D eigenvalue weighted by Gasteiger charge is -2.12. The van der Waals surface area contributed by atoms with Gasteiger partial charge in [-0.05, 0) is 44.8 Å². The van der Waals surface area contributed by atoms with Crippen molar-refractivity contribution in [3.63, 3.8) is 0 Å². The average Bonchev–Trinajstić information content (AvgIpc) is 3.08. The minimum atomic E-state index is -0.0612. The molecule has 1 amide bonds. The number of guanidine groups is 1. The summed E-state index contributed by atoms with van der Waals surface area (Å²) in [4.78, 5) is 18.9. The lowest BCUT2D eigenvalue weighted by atomic mass is 10.1. The highest BCUT2D eigenvalue weighted by atomic mass is 127. The fraction of sp³-hybridized carbons (Fsp3) is 0.450. The zero-order chi connectivity index (χ0) is 20.4. The molecule has 0 aliphatic carbocycles. The van der Waals surface area contributed by atoms with Crippen LogP contribution in [0.5, 0.6) is 0 Å². The maximum absolute atomic E-state index is 12.3. The topological polar surface area (TPSA) is 86.6 Å². The van der Waals surface area contributed by atoms with E-state index >= 15 is 0 Å². The molecule has 0 unspecified atom stereocenters. The van der Waals surface area contributed by atoms with E-state index in [1.807, 2.05) is 68.0 Å². The van der Waals surface area contributed by atoms with Gasteiger partial charge < -0.3 is 20.9 Å². The highest BCUT2D eigenvalue weighted by molar-refractivity contribution is 14.0. The van der Waals surface area contributed by atoms with Crippen molar-refractivity contribution >= 4 is 35.8 Å². The second-order valence-corrected chi connectivity index (χ2v) is 6.75. The van der Waals surface area contributed by atoms with Gasteiger partial charge in [0, 0.05) is 38.4 Å². The summed E-state index contributed by atoms with van der Waals surface area (Å²) in [5.74, 6) is 0.665. The Morgan fingerprint density at radius 1 is 1.21 bits per heavy atom. The number of aryl methyl sites for hydroxylation is 1. The van der Waals surface area contributed by atoms with Crippen LogP contribution in [0.4, 0.5) is 0 Å². The predicted octanol–water partition coefficient (Wildman–Crippen LogP) is 1.58. The van der Waals surface area contributed by atoms with Crippen molar-refractivity contribution in [2.45, 2.75) is 20.0 Å². The van der Waals surface area contributed by atoms with Gasteiger partial charge in [0.25, 0.3) is 5.91 Å². The van der Waals surface area contributed by atoms with Crippen LogP contribution < -0.4 is 16.0 Å². The first kappa shape index (κ1) is 24.9. The van der Waals surface area contributed by atoms with Crippen molar-refractivity contribution in [1.29, 1.82) is 0 Å². The largest absolute Gasteiger partial charge is 0.357 e. The Morgan fingerprint density at radius 2 is 2.00 bits per heavy atom. The molecule has 0 aliphatic rings. The molecular weight excluding hydrogens is 481 g/mol. The van der Waals surface area contributed by atoms with Crippen LogP contribution in [0.1, 0.15) is 28.5 Å². The van der Waals surface area contributed by atoms with Crippen LogP contribution in [-0.2, 0) is 20.1 Å². The van der Waals surface area contributed by atoms with E-state index in [0.717, 1.165) is 30.3 Å². The van der Waals surface area contributed by atoms with Gasteiger partial charge in [-0.3, -0.25) is 9.48 Å². The van der Waals surface area contributed by atoms with E-state index in [2.05, 4.69) is 26.0 Å². The molecule has 9 heteroatoms. The maximum Gasteiger partial charge on any atom is 0.251 e. The van der Waals surface area contributed by atoms with E-state index in [9.17, 15) is 4.79 Å². The summed E-state index contributed by atoms with van der Waals surface area (Å²) in [6.45, 7) is 5.35. The molecule has 160 valence electrons. The number of carbonyl (C=O) groups excluding carboxylic acids is 1. The number of nitrogens with zero attached hydrogens (tertiary/aromatic N) is 4. The molecule has 0 saturated carbocycles. The van der Waals surface area contributed by atoms with Gasteiger partial charge in [0.15, 0.2) is 5.96 Å².